The van der Waals surface area contributed by atoms with Gasteiger partial charge in [0.25, 0.3) is 0 Å². The van der Waals surface area contributed by atoms with Crippen molar-refractivity contribution in [2.75, 3.05) is 0 Å². The Labute approximate surface area is 90.8 Å². The Hall–Kier alpha value is -1.37. The van der Waals surface area contributed by atoms with E-state index in [1.165, 1.54) is 5.56 Å². The van der Waals surface area contributed by atoms with Crippen molar-refractivity contribution in [3.63, 3.8) is 0 Å². The number of allylic oxidation sites excluding steroid dienone is 2. The van der Waals surface area contributed by atoms with Gasteiger partial charge in [0.15, 0.2) is 0 Å². The molecule has 1 heteroatoms. The predicted molar refractivity (Wildman–Crippen MR) is 61.7 cm³/mol. The van der Waals surface area contributed by atoms with Crippen LogP contribution in [0.1, 0.15) is 31.2 Å². The minimum absolute atomic E-state index is 0.178. The molecule has 1 aromatic carbocycles. The summed E-state index contributed by atoms with van der Waals surface area (Å²) in [5, 5.41) is 0. The van der Waals surface area contributed by atoms with Crippen molar-refractivity contribution in [1.82, 2.24) is 0 Å². The smallest absolute Gasteiger partial charge is 0.133 e. The van der Waals surface area contributed by atoms with E-state index in [-0.39, 0.29) is 5.92 Å². The Balaban J connectivity index is 2.27. The van der Waals surface area contributed by atoms with E-state index in [9.17, 15) is 4.79 Å². The van der Waals surface area contributed by atoms with Crippen molar-refractivity contribution in [2.24, 2.45) is 5.92 Å². The van der Waals surface area contributed by atoms with E-state index in [0.29, 0.717) is 11.7 Å². The molecule has 0 fully saturated rings. The van der Waals surface area contributed by atoms with Crippen LogP contribution in [-0.2, 0) is 4.79 Å². The number of benzene rings is 1. The normalized spacial score (nSPS) is 25.1. The van der Waals surface area contributed by atoms with Crippen molar-refractivity contribution in [1.29, 1.82) is 0 Å². The zero-order valence-corrected chi connectivity index (χ0v) is 9.02. The summed E-state index contributed by atoms with van der Waals surface area (Å²) in [7, 11) is 0. The molecule has 15 heavy (non-hydrogen) atoms. The summed E-state index contributed by atoms with van der Waals surface area (Å²) in [6.45, 7) is 1.71. The third-order valence-corrected chi connectivity index (χ3v) is 3.18. The van der Waals surface area contributed by atoms with E-state index in [0.717, 1.165) is 12.8 Å². The van der Waals surface area contributed by atoms with Gasteiger partial charge in [0.1, 0.15) is 5.78 Å². The average Bonchev–Trinajstić information content (AvgIpc) is 2.30. The van der Waals surface area contributed by atoms with Gasteiger partial charge in [-0.2, -0.15) is 0 Å². The summed E-state index contributed by atoms with van der Waals surface area (Å²) >= 11 is 0. The molecule has 1 aliphatic rings. The fourth-order valence-corrected chi connectivity index (χ4v) is 2.33. The largest absolute Gasteiger partial charge is 0.300 e. The lowest BCUT2D eigenvalue weighted by Crippen LogP contribution is -2.21. The fraction of sp³-hybridized carbons (Fsp3) is 0.357. The molecule has 0 saturated heterocycles. The van der Waals surface area contributed by atoms with E-state index in [2.05, 4.69) is 24.3 Å². The lowest BCUT2D eigenvalue weighted by atomic mass is 9.77. The van der Waals surface area contributed by atoms with Crippen molar-refractivity contribution in [2.45, 2.75) is 25.7 Å². The summed E-state index contributed by atoms with van der Waals surface area (Å²) in [6.07, 6.45) is 6.21. The first kappa shape index (κ1) is 10.2. The van der Waals surface area contributed by atoms with Gasteiger partial charge in [-0.05, 0) is 31.2 Å². The molecular formula is C14H16O. The summed E-state index contributed by atoms with van der Waals surface area (Å²) in [5.41, 5.74) is 1.29. The van der Waals surface area contributed by atoms with Crippen molar-refractivity contribution >= 4 is 5.78 Å². The van der Waals surface area contributed by atoms with Crippen molar-refractivity contribution in [3.8, 4) is 0 Å². The molecule has 0 saturated carbocycles. The minimum atomic E-state index is 0.178. The van der Waals surface area contributed by atoms with Crippen molar-refractivity contribution in [3.05, 3.63) is 48.0 Å². The first-order chi connectivity index (χ1) is 7.29. The monoisotopic (exact) mass is 200 g/mol. The van der Waals surface area contributed by atoms with Crippen LogP contribution >= 0.6 is 0 Å². The Kier molecular flexibility index (Phi) is 3.00. The van der Waals surface area contributed by atoms with Crippen LogP contribution in [0.25, 0.3) is 0 Å². The Morgan fingerprint density at radius 3 is 2.47 bits per heavy atom. The first-order valence-corrected chi connectivity index (χ1v) is 5.49. The Morgan fingerprint density at radius 1 is 1.13 bits per heavy atom. The highest BCUT2D eigenvalue weighted by atomic mass is 16.1. The van der Waals surface area contributed by atoms with Gasteiger partial charge in [-0.25, -0.2) is 0 Å². The molecule has 0 spiro atoms. The number of hydrogen-bond donors (Lipinski definition) is 0. The average molecular weight is 200 g/mol. The summed E-state index contributed by atoms with van der Waals surface area (Å²) < 4.78 is 0. The topological polar surface area (TPSA) is 17.1 Å². The second kappa shape index (κ2) is 4.43. The highest BCUT2D eigenvalue weighted by Gasteiger charge is 2.26. The summed E-state index contributed by atoms with van der Waals surface area (Å²) in [6, 6.07) is 10.4. The molecule has 0 amide bonds. The number of Topliss-reactive ketones (excluding diaryl/α,β-unsaturated/α-hetero) is 1. The quantitative estimate of drug-likeness (QED) is 0.669. The lowest BCUT2D eigenvalue weighted by Gasteiger charge is -2.26. The molecule has 0 heterocycles. The molecule has 0 radical (unpaired) electrons. The van der Waals surface area contributed by atoms with Gasteiger partial charge in [0.2, 0.25) is 0 Å². The molecule has 1 aromatic rings. The van der Waals surface area contributed by atoms with E-state index >= 15 is 0 Å². The number of carbonyl (C=O) groups excluding carboxylic acids is 1. The van der Waals surface area contributed by atoms with Gasteiger partial charge < -0.3 is 0 Å². The van der Waals surface area contributed by atoms with Crippen LogP contribution in [0.2, 0.25) is 0 Å². The molecule has 0 aliphatic heterocycles. The van der Waals surface area contributed by atoms with Gasteiger partial charge >= 0.3 is 0 Å². The number of hydrogen-bond acceptors (Lipinski definition) is 1. The molecule has 2 atom stereocenters. The van der Waals surface area contributed by atoms with E-state index in [4.69, 9.17) is 0 Å². The van der Waals surface area contributed by atoms with E-state index < -0.39 is 0 Å². The summed E-state index contributed by atoms with van der Waals surface area (Å²) in [4.78, 5) is 11.5. The fourth-order valence-electron chi connectivity index (χ4n) is 2.33. The maximum Gasteiger partial charge on any atom is 0.133 e. The van der Waals surface area contributed by atoms with Gasteiger partial charge in [-0.1, -0.05) is 42.5 Å². The highest BCUT2D eigenvalue weighted by Crippen LogP contribution is 2.34. The van der Waals surface area contributed by atoms with Gasteiger partial charge in [0, 0.05) is 5.92 Å². The lowest BCUT2D eigenvalue weighted by molar-refractivity contribution is -0.121. The second-order valence-electron chi connectivity index (χ2n) is 4.18. The van der Waals surface area contributed by atoms with Crippen LogP contribution in [0, 0.1) is 5.92 Å². The van der Waals surface area contributed by atoms with Crippen LogP contribution in [0.4, 0.5) is 0 Å². The zero-order valence-electron chi connectivity index (χ0n) is 9.02. The Morgan fingerprint density at radius 2 is 1.80 bits per heavy atom. The SMILES string of the molecule is CC(=O)[C@H]1CC=CC[C@@H]1c1ccccc1. The zero-order chi connectivity index (χ0) is 10.7. The molecular weight excluding hydrogens is 184 g/mol. The van der Waals surface area contributed by atoms with Gasteiger partial charge in [0.05, 0.1) is 0 Å². The maximum atomic E-state index is 11.5. The van der Waals surface area contributed by atoms with Crippen molar-refractivity contribution < 1.29 is 4.79 Å². The van der Waals surface area contributed by atoms with E-state index in [1.807, 2.05) is 18.2 Å². The van der Waals surface area contributed by atoms with Gasteiger partial charge in [-0.3, -0.25) is 4.79 Å². The molecule has 0 N–H and O–H groups in total. The molecule has 1 aliphatic carbocycles. The molecule has 2 rings (SSSR count). The number of ketones is 1. The van der Waals surface area contributed by atoms with Crippen LogP contribution in [-0.4, -0.2) is 5.78 Å². The maximum absolute atomic E-state index is 11.5. The molecule has 78 valence electrons. The molecule has 1 nitrogen and oxygen atoms in total. The van der Waals surface area contributed by atoms with Crippen LogP contribution in [0.15, 0.2) is 42.5 Å². The van der Waals surface area contributed by atoms with E-state index in [1.54, 1.807) is 6.92 Å². The predicted octanol–water partition coefficient (Wildman–Crippen LogP) is 3.33. The van der Waals surface area contributed by atoms with Gasteiger partial charge in [-0.15, -0.1) is 0 Å². The minimum Gasteiger partial charge on any atom is -0.300 e. The summed E-state index contributed by atoms with van der Waals surface area (Å²) in [5.74, 6) is 0.874. The van der Waals surface area contributed by atoms with Crippen LogP contribution in [0.3, 0.4) is 0 Å². The second-order valence-corrected chi connectivity index (χ2v) is 4.18. The number of rotatable bonds is 2. The molecule has 0 aromatic heterocycles. The van der Waals surface area contributed by atoms with Crippen LogP contribution < -0.4 is 0 Å². The molecule has 0 bridgehead atoms. The third-order valence-electron chi connectivity index (χ3n) is 3.18. The highest BCUT2D eigenvalue weighted by molar-refractivity contribution is 5.79. The first-order valence-electron chi connectivity index (χ1n) is 5.49. The van der Waals surface area contributed by atoms with Crippen LogP contribution in [0.5, 0.6) is 0 Å². The third kappa shape index (κ3) is 2.17. The standard InChI is InChI=1S/C14H16O/c1-11(15)13-9-5-6-10-14(13)12-7-3-2-4-8-12/h2-8,13-14H,9-10H2,1H3/t13-,14-/m1/s1. The Bertz CT molecular complexity index is 364. The number of carbonyl (C=O) groups is 1. The molecule has 0 unspecified atom stereocenters.